The lowest BCUT2D eigenvalue weighted by Crippen LogP contribution is -2.43. The minimum Gasteiger partial charge on any atom is -0.504 e. The number of phenols is 3. The van der Waals surface area contributed by atoms with Crippen LogP contribution in [0.4, 0.5) is 0 Å². The topological polar surface area (TPSA) is 72.7 Å². The smallest absolute Gasteiger partial charge is 0.200 e. The standard InChI is InChI=1S/C14H21NO3/c1-14(7-3-2-4-8-14)15-9-10-5-6-11(16)13(18)12(10)17/h5-6,15-18H,2-4,7-9H2,1H3. The second kappa shape index (κ2) is 5.06. The molecule has 1 aromatic carbocycles. The summed E-state index contributed by atoms with van der Waals surface area (Å²) in [6.45, 7) is 2.69. The van der Waals surface area contributed by atoms with Gasteiger partial charge in [-0.3, -0.25) is 0 Å². The van der Waals surface area contributed by atoms with Crippen molar-refractivity contribution in [2.24, 2.45) is 0 Å². The molecule has 4 nitrogen and oxygen atoms in total. The number of hydrogen-bond acceptors (Lipinski definition) is 4. The first-order chi connectivity index (χ1) is 8.52. The van der Waals surface area contributed by atoms with Crippen LogP contribution >= 0.6 is 0 Å². The molecule has 1 aliphatic rings. The van der Waals surface area contributed by atoms with E-state index in [1.54, 1.807) is 6.07 Å². The van der Waals surface area contributed by atoms with Crippen LogP contribution in [0.5, 0.6) is 17.2 Å². The minimum atomic E-state index is -0.442. The Morgan fingerprint density at radius 1 is 1.06 bits per heavy atom. The van der Waals surface area contributed by atoms with Crippen LogP contribution in [0.15, 0.2) is 12.1 Å². The third-order valence-corrected chi connectivity index (χ3v) is 3.88. The Morgan fingerprint density at radius 2 is 1.72 bits per heavy atom. The van der Waals surface area contributed by atoms with E-state index in [2.05, 4.69) is 12.2 Å². The number of phenolic OH excluding ortho intramolecular Hbond substituents is 3. The number of rotatable bonds is 3. The highest BCUT2D eigenvalue weighted by atomic mass is 16.3. The monoisotopic (exact) mass is 251 g/mol. The first kappa shape index (κ1) is 13.0. The molecule has 100 valence electrons. The normalized spacial score (nSPS) is 18.7. The van der Waals surface area contributed by atoms with Gasteiger partial charge < -0.3 is 20.6 Å². The average molecular weight is 251 g/mol. The van der Waals surface area contributed by atoms with Gasteiger partial charge in [-0.05, 0) is 25.8 Å². The van der Waals surface area contributed by atoms with Crippen LogP contribution in [0.3, 0.4) is 0 Å². The predicted octanol–water partition coefficient (Wildman–Crippen LogP) is 2.62. The minimum absolute atomic E-state index is 0.109. The molecule has 0 amide bonds. The summed E-state index contributed by atoms with van der Waals surface area (Å²) in [6, 6.07) is 3.03. The average Bonchev–Trinajstić information content (AvgIpc) is 2.36. The molecule has 1 aliphatic carbocycles. The van der Waals surface area contributed by atoms with E-state index in [1.807, 2.05) is 0 Å². The molecule has 0 radical (unpaired) electrons. The van der Waals surface area contributed by atoms with E-state index in [9.17, 15) is 15.3 Å². The summed E-state index contributed by atoms with van der Waals surface area (Å²) in [4.78, 5) is 0. The van der Waals surface area contributed by atoms with Gasteiger partial charge in [0, 0.05) is 17.6 Å². The number of hydrogen-bond donors (Lipinski definition) is 4. The molecular formula is C14H21NO3. The molecule has 2 rings (SSSR count). The van der Waals surface area contributed by atoms with Gasteiger partial charge in [0.2, 0.25) is 5.75 Å². The van der Waals surface area contributed by atoms with Gasteiger partial charge >= 0.3 is 0 Å². The second-order valence-corrected chi connectivity index (χ2v) is 5.42. The van der Waals surface area contributed by atoms with Crippen LogP contribution in [-0.4, -0.2) is 20.9 Å². The fourth-order valence-electron chi connectivity index (χ4n) is 2.57. The second-order valence-electron chi connectivity index (χ2n) is 5.42. The van der Waals surface area contributed by atoms with E-state index < -0.39 is 5.75 Å². The molecule has 1 aromatic rings. The van der Waals surface area contributed by atoms with Crippen LogP contribution in [0.1, 0.15) is 44.6 Å². The zero-order chi connectivity index (χ0) is 13.2. The maximum absolute atomic E-state index is 9.74. The van der Waals surface area contributed by atoms with Gasteiger partial charge in [-0.2, -0.15) is 0 Å². The number of benzene rings is 1. The summed E-state index contributed by atoms with van der Waals surface area (Å²) in [6.07, 6.45) is 6.03. The molecule has 4 heteroatoms. The molecule has 18 heavy (non-hydrogen) atoms. The van der Waals surface area contributed by atoms with Gasteiger partial charge in [0.25, 0.3) is 0 Å². The lowest BCUT2D eigenvalue weighted by molar-refractivity contribution is 0.251. The van der Waals surface area contributed by atoms with Crippen molar-refractivity contribution in [2.45, 2.75) is 51.1 Å². The Kier molecular flexibility index (Phi) is 3.66. The van der Waals surface area contributed by atoms with E-state index in [0.717, 1.165) is 12.8 Å². The molecular weight excluding hydrogens is 230 g/mol. The third kappa shape index (κ3) is 2.70. The van der Waals surface area contributed by atoms with Crippen LogP contribution in [-0.2, 0) is 6.54 Å². The molecule has 4 N–H and O–H groups in total. The van der Waals surface area contributed by atoms with E-state index in [-0.39, 0.29) is 17.0 Å². The zero-order valence-corrected chi connectivity index (χ0v) is 10.7. The summed E-state index contributed by atoms with van der Waals surface area (Å²) in [5.41, 5.74) is 0.718. The Bertz CT molecular complexity index is 425. The van der Waals surface area contributed by atoms with Gasteiger partial charge in [-0.1, -0.05) is 25.3 Å². The number of aromatic hydroxyl groups is 3. The Morgan fingerprint density at radius 3 is 2.39 bits per heavy atom. The molecule has 0 saturated heterocycles. The highest BCUT2D eigenvalue weighted by Crippen LogP contribution is 2.37. The predicted molar refractivity (Wildman–Crippen MR) is 69.8 cm³/mol. The fourth-order valence-corrected chi connectivity index (χ4v) is 2.57. The van der Waals surface area contributed by atoms with E-state index in [4.69, 9.17) is 0 Å². The van der Waals surface area contributed by atoms with Gasteiger partial charge in [0.15, 0.2) is 11.5 Å². The summed E-state index contributed by atoms with van der Waals surface area (Å²) in [7, 11) is 0. The SMILES string of the molecule is CC1(NCc2ccc(O)c(O)c2O)CCCCC1. The first-order valence-electron chi connectivity index (χ1n) is 6.50. The maximum Gasteiger partial charge on any atom is 0.200 e. The van der Waals surface area contributed by atoms with Crippen molar-refractivity contribution in [3.05, 3.63) is 17.7 Å². The Labute approximate surface area is 107 Å². The van der Waals surface area contributed by atoms with Crippen molar-refractivity contribution in [1.29, 1.82) is 0 Å². The van der Waals surface area contributed by atoms with Crippen molar-refractivity contribution in [1.82, 2.24) is 5.32 Å². The molecule has 0 spiro atoms. The lowest BCUT2D eigenvalue weighted by atomic mass is 9.83. The third-order valence-electron chi connectivity index (χ3n) is 3.88. The van der Waals surface area contributed by atoms with Gasteiger partial charge in [-0.15, -0.1) is 0 Å². The van der Waals surface area contributed by atoms with Crippen molar-refractivity contribution < 1.29 is 15.3 Å². The summed E-state index contributed by atoms with van der Waals surface area (Å²) < 4.78 is 0. The fraction of sp³-hybridized carbons (Fsp3) is 0.571. The van der Waals surface area contributed by atoms with E-state index >= 15 is 0 Å². The first-order valence-corrected chi connectivity index (χ1v) is 6.50. The van der Waals surface area contributed by atoms with Crippen molar-refractivity contribution in [3.63, 3.8) is 0 Å². The van der Waals surface area contributed by atoms with E-state index in [1.165, 1.54) is 25.3 Å². The number of nitrogens with one attached hydrogen (secondary N) is 1. The zero-order valence-electron chi connectivity index (χ0n) is 10.7. The molecule has 1 fully saturated rings. The van der Waals surface area contributed by atoms with Crippen LogP contribution in [0, 0.1) is 0 Å². The van der Waals surface area contributed by atoms with Crippen molar-refractivity contribution >= 4 is 0 Å². The van der Waals surface area contributed by atoms with Gasteiger partial charge in [0.05, 0.1) is 0 Å². The molecule has 0 aliphatic heterocycles. The highest BCUT2D eigenvalue weighted by Gasteiger charge is 2.26. The molecule has 1 saturated carbocycles. The van der Waals surface area contributed by atoms with Crippen LogP contribution < -0.4 is 5.32 Å². The van der Waals surface area contributed by atoms with Crippen molar-refractivity contribution in [3.8, 4) is 17.2 Å². The molecule has 0 atom stereocenters. The summed E-state index contributed by atoms with van der Waals surface area (Å²) in [5.74, 6) is -0.967. The molecule has 0 heterocycles. The van der Waals surface area contributed by atoms with Crippen molar-refractivity contribution in [2.75, 3.05) is 0 Å². The molecule has 0 aromatic heterocycles. The highest BCUT2D eigenvalue weighted by molar-refractivity contribution is 5.53. The molecule has 0 bridgehead atoms. The Hall–Kier alpha value is -1.42. The summed E-state index contributed by atoms with van der Waals surface area (Å²) in [5, 5.41) is 31.9. The molecule has 0 unspecified atom stereocenters. The van der Waals surface area contributed by atoms with E-state index in [0.29, 0.717) is 12.1 Å². The summed E-state index contributed by atoms with van der Waals surface area (Å²) >= 11 is 0. The Balaban J connectivity index is 2.04. The largest absolute Gasteiger partial charge is 0.504 e. The van der Waals surface area contributed by atoms with Crippen LogP contribution in [0.2, 0.25) is 0 Å². The van der Waals surface area contributed by atoms with Crippen LogP contribution in [0.25, 0.3) is 0 Å². The van der Waals surface area contributed by atoms with Gasteiger partial charge in [-0.25, -0.2) is 0 Å². The maximum atomic E-state index is 9.74. The van der Waals surface area contributed by atoms with Gasteiger partial charge in [0.1, 0.15) is 0 Å². The lowest BCUT2D eigenvalue weighted by Gasteiger charge is -2.35. The quantitative estimate of drug-likeness (QED) is 0.623.